The fourth-order valence-corrected chi connectivity index (χ4v) is 4.19. The van der Waals surface area contributed by atoms with Crippen molar-refractivity contribution in [1.29, 1.82) is 0 Å². The summed E-state index contributed by atoms with van der Waals surface area (Å²) in [7, 11) is 1.49. The van der Waals surface area contributed by atoms with Gasteiger partial charge in [0.05, 0.1) is 12.6 Å². The van der Waals surface area contributed by atoms with Gasteiger partial charge in [0.2, 0.25) is 17.7 Å². The van der Waals surface area contributed by atoms with Crippen molar-refractivity contribution in [3.8, 4) is 17.0 Å². The van der Waals surface area contributed by atoms with Crippen LogP contribution in [0.4, 0.5) is 19.1 Å². The molecule has 3 aromatic heterocycles. The summed E-state index contributed by atoms with van der Waals surface area (Å²) in [4.78, 5) is 17.8. The second kappa shape index (κ2) is 8.15. The third kappa shape index (κ3) is 4.08. The molecule has 0 radical (unpaired) electrons. The smallest absolute Gasteiger partial charge is 0.408 e. The lowest BCUT2D eigenvalue weighted by atomic mass is 10.1. The highest BCUT2D eigenvalue weighted by molar-refractivity contribution is 5.89. The van der Waals surface area contributed by atoms with Crippen LogP contribution in [0, 0.1) is 0 Å². The highest BCUT2D eigenvalue weighted by Gasteiger charge is 2.30. The summed E-state index contributed by atoms with van der Waals surface area (Å²) < 4.78 is 46.7. The number of aromatic nitrogens is 6. The molecule has 34 heavy (non-hydrogen) atoms. The summed E-state index contributed by atoms with van der Waals surface area (Å²) in [6.07, 6.45) is -1.91. The maximum Gasteiger partial charge on any atom is 0.408 e. The molecule has 0 bridgehead atoms. The number of fused-ring (bicyclic) bond motifs is 2. The zero-order valence-corrected chi connectivity index (χ0v) is 18.4. The molecule has 1 saturated heterocycles. The van der Waals surface area contributed by atoms with Crippen molar-refractivity contribution in [3.05, 3.63) is 30.5 Å². The van der Waals surface area contributed by atoms with Gasteiger partial charge in [-0.3, -0.25) is 4.79 Å². The van der Waals surface area contributed by atoms with Gasteiger partial charge in [-0.15, -0.1) is 10.2 Å². The van der Waals surface area contributed by atoms with Crippen molar-refractivity contribution in [1.82, 2.24) is 34.5 Å². The molecule has 1 aromatic carbocycles. The first-order chi connectivity index (χ1) is 16.2. The minimum atomic E-state index is -4.42. The molecule has 5 rings (SSSR count). The summed E-state index contributed by atoms with van der Waals surface area (Å²) >= 11 is 0. The maximum absolute atomic E-state index is 12.9. The van der Waals surface area contributed by atoms with E-state index < -0.39 is 12.7 Å². The van der Waals surface area contributed by atoms with Crippen molar-refractivity contribution >= 4 is 28.4 Å². The number of amides is 1. The van der Waals surface area contributed by atoms with E-state index in [1.807, 2.05) is 0 Å². The molecule has 1 fully saturated rings. The fourth-order valence-electron chi connectivity index (χ4n) is 4.19. The molecule has 0 spiro atoms. The molecule has 0 unspecified atom stereocenters. The summed E-state index contributed by atoms with van der Waals surface area (Å²) in [6, 6.07) is 6.80. The van der Waals surface area contributed by atoms with Crippen LogP contribution in [0.3, 0.4) is 0 Å². The first-order valence-electron chi connectivity index (χ1n) is 10.6. The van der Waals surface area contributed by atoms with Crippen molar-refractivity contribution < 1.29 is 22.7 Å². The summed E-state index contributed by atoms with van der Waals surface area (Å²) in [5.41, 5.74) is 2.54. The summed E-state index contributed by atoms with van der Waals surface area (Å²) in [5, 5.41) is 15.2. The number of hydrogen-bond acceptors (Lipinski definition) is 7. The molecule has 1 N–H and O–H groups in total. The van der Waals surface area contributed by atoms with Crippen molar-refractivity contribution in [2.75, 3.05) is 25.5 Å². The molecular weight excluding hydrogens is 453 g/mol. The second-order valence-electron chi connectivity index (χ2n) is 8.13. The Hall–Kier alpha value is -3.90. The van der Waals surface area contributed by atoms with Crippen molar-refractivity contribution in [2.24, 2.45) is 0 Å². The first kappa shape index (κ1) is 21.9. The third-order valence-corrected chi connectivity index (χ3v) is 5.79. The number of alkyl halides is 3. The molecule has 178 valence electrons. The molecule has 1 amide bonds. The normalized spacial score (nSPS) is 16.5. The van der Waals surface area contributed by atoms with Crippen LogP contribution in [-0.4, -0.2) is 72.8 Å². The van der Waals surface area contributed by atoms with Gasteiger partial charge in [0.15, 0.2) is 0 Å². The highest BCUT2D eigenvalue weighted by atomic mass is 19.4. The van der Waals surface area contributed by atoms with Gasteiger partial charge >= 0.3 is 6.18 Å². The number of nitrogens with one attached hydrogen (secondary N) is 1. The topological polar surface area (TPSA) is 102 Å². The van der Waals surface area contributed by atoms with Crippen LogP contribution in [0.25, 0.3) is 27.7 Å². The lowest BCUT2D eigenvalue weighted by Crippen LogP contribution is -2.30. The van der Waals surface area contributed by atoms with Gasteiger partial charge < -0.3 is 15.0 Å². The monoisotopic (exact) mass is 474 g/mol. The molecule has 0 saturated carbocycles. The van der Waals surface area contributed by atoms with Crippen LogP contribution in [0.15, 0.2) is 30.5 Å². The number of likely N-dealkylation sites (tertiary alicyclic amines) is 1. The van der Waals surface area contributed by atoms with Gasteiger partial charge in [0, 0.05) is 37.8 Å². The molecule has 1 aliphatic heterocycles. The Morgan fingerprint density at radius 2 is 2.12 bits per heavy atom. The Kier molecular flexibility index (Phi) is 5.25. The number of hydrogen-bond donors (Lipinski definition) is 1. The minimum Gasteiger partial charge on any atom is -0.479 e. The second-order valence-corrected chi connectivity index (χ2v) is 8.13. The lowest BCUT2D eigenvalue weighted by molar-refractivity contribution is -0.142. The largest absolute Gasteiger partial charge is 0.479 e. The molecule has 1 aliphatic rings. The standard InChI is InChI=1S/C21H21F3N8O2/c1-12(33)30-7-5-14(10-30)25-20-26-19(34-2)18-15(6-8-31(18)28-20)13-3-4-16-17(9-13)32(29-27-16)11-21(22,23)24/h3-4,6,8-9,14H,5,7,10-11H2,1-2H3,(H,25,28)/t14-/m0/s1. The van der Waals surface area contributed by atoms with E-state index in [-0.39, 0.29) is 17.5 Å². The van der Waals surface area contributed by atoms with Crippen molar-refractivity contribution in [2.45, 2.75) is 32.1 Å². The Bertz CT molecular complexity index is 1380. The predicted molar refractivity (Wildman–Crippen MR) is 116 cm³/mol. The van der Waals surface area contributed by atoms with Gasteiger partial charge in [-0.25, -0.2) is 9.20 Å². The van der Waals surface area contributed by atoms with Crippen LogP contribution >= 0.6 is 0 Å². The average Bonchev–Trinajstić information content (AvgIpc) is 3.51. The Morgan fingerprint density at radius 1 is 1.29 bits per heavy atom. The van der Waals surface area contributed by atoms with E-state index in [0.717, 1.165) is 11.1 Å². The Balaban J connectivity index is 1.49. The van der Waals surface area contributed by atoms with E-state index in [1.165, 1.54) is 7.11 Å². The molecule has 0 aliphatic carbocycles. The zero-order valence-electron chi connectivity index (χ0n) is 18.4. The van der Waals surface area contributed by atoms with Crippen molar-refractivity contribution in [3.63, 3.8) is 0 Å². The number of nitrogens with zero attached hydrogens (tertiary/aromatic N) is 7. The first-order valence-corrected chi connectivity index (χ1v) is 10.6. The number of benzene rings is 1. The number of anilines is 1. The van der Waals surface area contributed by atoms with Gasteiger partial charge in [0.25, 0.3) is 0 Å². The maximum atomic E-state index is 12.9. The zero-order chi connectivity index (χ0) is 24.0. The summed E-state index contributed by atoms with van der Waals surface area (Å²) in [5.74, 6) is 0.683. The number of methoxy groups -OCH3 is 1. The number of carbonyl (C=O) groups is 1. The quantitative estimate of drug-likeness (QED) is 0.475. The van der Waals surface area contributed by atoms with Gasteiger partial charge in [0.1, 0.15) is 17.6 Å². The van der Waals surface area contributed by atoms with E-state index in [4.69, 9.17) is 4.74 Å². The average molecular weight is 474 g/mol. The number of carbonyl (C=O) groups excluding carboxylic acids is 1. The number of rotatable bonds is 5. The molecular formula is C21H21F3N8O2. The van der Waals surface area contributed by atoms with E-state index in [0.29, 0.717) is 47.1 Å². The SMILES string of the molecule is COc1nc(N[C@H]2CCN(C(C)=O)C2)nn2ccc(-c3ccc4nnn(CC(F)(F)F)c4c3)c12. The number of halogens is 3. The fraction of sp³-hybridized carbons (Fsp3) is 0.381. The summed E-state index contributed by atoms with van der Waals surface area (Å²) in [6.45, 7) is 1.55. The van der Waals surface area contributed by atoms with E-state index in [1.54, 1.807) is 46.8 Å². The van der Waals surface area contributed by atoms with E-state index in [9.17, 15) is 18.0 Å². The number of ether oxygens (including phenoxy) is 1. The predicted octanol–water partition coefficient (Wildman–Crippen LogP) is 2.74. The molecule has 4 heterocycles. The van der Waals surface area contributed by atoms with Gasteiger partial charge in [-0.1, -0.05) is 11.3 Å². The van der Waals surface area contributed by atoms with E-state index in [2.05, 4.69) is 25.7 Å². The van der Waals surface area contributed by atoms with Gasteiger partial charge in [-0.2, -0.15) is 18.2 Å². The molecule has 13 heteroatoms. The van der Waals surface area contributed by atoms with E-state index >= 15 is 0 Å². The third-order valence-electron chi connectivity index (χ3n) is 5.79. The van der Waals surface area contributed by atoms with Crippen LogP contribution in [-0.2, 0) is 11.3 Å². The Labute approximate surface area is 191 Å². The molecule has 1 atom stereocenters. The Morgan fingerprint density at radius 3 is 2.82 bits per heavy atom. The molecule has 10 nitrogen and oxygen atoms in total. The van der Waals surface area contributed by atoms with Crippen LogP contribution < -0.4 is 10.1 Å². The van der Waals surface area contributed by atoms with Crippen LogP contribution in [0.2, 0.25) is 0 Å². The lowest BCUT2D eigenvalue weighted by Gasteiger charge is -2.15. The minimum absolute atomic E-state index is 0.0184. The van der Waals surface area contributed by atoms with Crippen LogP contribution in [0.1, 0.15) is 13.3 Å². The highest BCUT2D eigenvalue weighted by Crippen LogP contribution is 2.33. The van der Waals surface area contributed by atoms with Gasteiger partial charge in [-0.05, 0) is 30.2 Å². The molecule has 4 aromatic rings. The van der Waals surface area contributed by atoms with Crippen LogP contribution in [0.5, 0.6) is 5.88 Å².